The molecule has 0 heterocycles. The van der Waals surface area contributed by atoms with Crippen molar-refractivity contribution in [1.82, 2.24) is 0 Å². The molecular formula is C26H39F3O5S. The van der Waals surface area contributed by atoms with E-state index in [2.05, 4.69) is 11.7 Å². The maximum absolute atomic E-state index is 12.9. The molecule has 1 rings (SSSR count). The topological polar surface area (TPSA) is 69.7 Å². The summed E-state index contributed by atoms with van der Waals surface area (Å²) < 4.78 is 72.7. The second-order valence-corrected chi connectivity index (χ2v) is 11.0. The zero-order valence-electron chi connectivity index (χ0n) is 20.9. The molecule has 0 unspecified atom stereocenters. The molecule has 1 aromatic carbocycles. The van der Waals surface area contributed by atoms with Crippen molar-refractivity contribution in [3.63, 3.8) is 0 Å². The average molecular weight is 521 g/mol. The molecule has 0 aromatic heterocycles. The Morgan fingerprint density at radius 1 is 0.886 bits per heavy atom. The largest absolute Gasteiger partial charge is 0.493 e. The second-order valence-electron chi connectivity index (χ2n) is 8.69. The van der Waals surface area contributed by atoms with Gasteiger partial charge < -0.3 is 9.47 Å². The van der Waals surface area contributed by atoms with Crippen molar-refractivity contribution in [2.75, 3.05) is 18.1 Å². The van der Waals surface area contributed by atoms with Gasteiger partial charge in [-0.2, -0.15) is 13.2 Å². The summed E-state index contributed by atoms with van der Waals surface area (Å²) in [6, 6.07) is 6.28. The molecule has 35 heavy (non-hydrogen) atoms. The fourth-order valence-corrected chi connectivity index (χ4v) is 4.69. The lowest BCUT2D eigenvalue weighted by atomic mass is 10.1. The summed E-state index contributed by atoms with van der Waals surface area (Å²) >= 11 is 0. The highest BCUT2D eigenvalue weighted by atomic mass is 32.2. The van der Waals surface area contributed by atoms with Crippen molar-refractivity contribution >= 4 is 15.8 Å². The third-order valence-electron chi connectivity index (χ3n) is 5.45. The average Bonchev–Trinajstić information content (AvgIpc) is 2.77. The first-order valence-corrected chi connectivity index (χ1v) is 14.2. The third kappa shape index (κ3) is 15.6. The molecule has 0 aliphatic heterocycles. The molecule has 0 saturated carbocycles. The summed E-state index contributed by atoms with van der Waals surface area (Å²) in [6.45, 7) is 3.13. The van der Waals surface area contributed by atoms with Crippen LogP contribution in [0.2, 0.25) is 0 Å². The van der Waals surface area contributed by atoms with Crippen molar-refractivity contribution < 1.29 is 35.9 Å². The smallest absolute Gasteiger partial charge is 0.449 e. The Labute approximate surface area is 208 Å². The van der Waals surface area contributed by atoms with E-state index >= 15 is 0 Å². The Bertz CT molecular complexity index is 862. The van der Waals surface area contributed by atoms with Crippen LogP contribution >= 0.6 is 0 Å². The lowest BCUT2D eigenvalue weighted by Gasteiger charge is -2.11. The molecule has 0 radical (unpaired) electrons. The quantitative estimate of drug-likeness (QED) is 0.119. The number of esters is 1. The van der Waals surface area contributed by atoms with Gasteiger partial charge in [-0.15, -0.1) is 0 Å². The van der Waals surface area contributed by atoms with Crippen LogP contribution in [0, 0.1) is 0 Å². The minimum Gasteiger partial charge on any atom is -0.493 e. The van der Waals surface area contributed by atoms with Crippen LogP contribution in [0.25, 0.3) is 0 Å². The number of hydrogen-bond donors (Lipinski definition) is 0. The van der Waals surface area contributed by atoms with Crippen molar-refractivity contribution in [2.24, 2.45) is 0 Å². The maximum Gasteiger partial charge on any atom is 0.449 e. The highest BCUT2D eigenvalue weighted by molar-refractivity contribution is 7.91. The molecule has 9 heteroatoms. The molecule has 0 bridgehead atoms. The molecule has 5 nitrogen and oxygen atoms in total. The first-order valence-electron chi connectivity index (χ1n) is 12.4. The summed E-state index contributed by atoms with van der Waals surface area (Å²) in [7, 11) is -3.19. The van der Waals surface area contributed by atoms with Gasteiger partial charge in [0.15, 0.2) is 9.84 Å². The predicted molar refractivity (Wildman–Crippen MR) is 132 cm³/mol. The Morgan fingerprint density at radius 2 is 1.43 bits per heavy atom. The highest BCUT2D eigenvalue weighted by Crippen LogP contribution is 2.27. The van der Waals surface area contributed by atoms with Crippen LogP contribution in [-0.2, 0) is 25.8 Å². The fraction of sp³-hybridized carbons (Fsp3) is 0.654. The van der Waals surface area contributed by atoms with Crippen LogP contribution < -0.4 is 4.74 Å². The minimum atomic E-state index is -4.76. The van der Waals surface area contributed by atoms with Crippen LogP contribution in [0.3, 0.4) is 0 Å². The van der Waals surface area contributed by atoms with Gasteiger partial charge in [0.1, 0.15) is 12.4 Å². The normalized spacial score (nSPS) is 12.5. The fourth-order valence-electron chi connectivity index (χ4n) is 3.50. The minimum absolute atomic E-state index is 0.0179. The number of carbonyl (C=O) groups is 1. The predicted octanol–water partition coefficient (Wildman–Crippen LogP) is 6.95. The number of carbonyl (C=O) groups excluding carboxylic acids is 1. The van der Waals surface area contributed by atoms with E-state index in [9.17, 15) is 26.4 Å². The zero-order valence-corrected chi connectivity index (χ0v) is 21.7. The van der Waals surface area contributed by atoms with E-state index in [1.54, 1.807) is 24.3 Å². The molecule has 0 N–H and O–H groups in total. The molecule has 0 amide bonds. The van der Waals surface area contributed by atoms with E-state index in [0.29, 0.717) is 17.7 Å². The SMILES string of the molecule is CCCCCCCCCCCCS(=O)(=O)CCOc1ccc(CC=C(OC(C)=O)C(F)(F)F)cc1. The Hall–Kier alpha value is -2.03. The van der Waals surface area contributed by atoms with Gasteiger partial charge in [-0.1, -0.05) is 76.8 Å². The number of hydrogen-bond acceptors (Lipinski definition) is 5. The summed E-state index contributed by atoms with van der Waals surface area (Å²) in [5, 5.41) is 0. The maximum atomic E-state index is 12.9. The second kappa shape index (κ2) is 16.6. The number of sulfone groups is 1. The Kier molecular flexibility index (Phi) is 14.7. The standard InChI is InChI=1S/C26H39F3O5S/c1-3-4-5-6-7-8-9-10-11-12-20-35(31,32)21-19-33-24-16-13-23(14-17-24)15-18-25(26(27,28)29)34-22(2)30/h13-14,16-18H,3-12,15,19-21H2,1-2H3. The van der Waals surface area contributed by atoms with Crippen LogP contribution in [0.4, 0.5) is 13.2 Å². The van der Waals surface area contributed by atoms with E-state index in [4.69, 9.17) is 4.74 Å². The number of halogens is 3. The summed E-state index contributed by atoms with van der Waals surface area (Å²) in [5.74, 6) is -1.88. The van der Waals surface area contributed by atoms with Gasteiger partial charge >= 0.3 is 12.1 Å². The number of benzene rings is 1. The molecule has 0 fully saturated rings. The van der Waals surface area contributed by atoms with Crippen LogP contribution in [0.1, 0.15) is 83.6 Å². The van der Waals surface area contributed by atoms with Crippen molar-refractivity contribution in [3.05, 3.63) is 41.7 Å². The molecule has 0 saturated heterocycles. The van der Waals surface area contributed by atoms with Gasteiger partial charge in [0.05, 0.1) is 11.5 Å². The van der Waals surface area contributed by atoms with Gasteiger partial charge in [-0.25, -0.2) is 8.42 Å². The van der Waals surface area contributed by atoms with Crippen LogP contribution in [0.5, 0.6) is 5.75 Å². The van der Waals surface area contributed by atoms with Crippen LogP contribution in [0.15, 0.2) is 36.1 Å². The number of allylic oxidation sites excluding steroid dienone is 2. The lowest BCUT2D eigenvalue weighted by molar-refractivity contribution is -0.158. The zero-order chi connectivity index (χ0) is 26.2. The van der Waals surface area contributed by atoms with Crippen molar-refractivity contribution in [3.8, 4) is 5.75 Å². The van der Waals surface area contributed by atoms with Crippen LogP contribution in [-0.4, -0.2) is 38.7 Å². The monoisotopic (exact) mass is 520 g/mol. The van der Waals surface area contributed by atoms with Gasteiger partial charge in [-0.05, 0) is 36.6 Å². The summed E-state index contributed by atoms with van der Waals surface area (Å²) in [4.78, 5) is 10.9. The number of unbranched alkanes of at least 4 members (excludes halogenated alkanes) is 9. The molecule has 0 aliphatic carbocycles. The van der Waals surface area contributed by atoms with E-state index in [1.165, 1.54) is 38.5 Å². The van der Waals surface area contributed by atoms with Gasteiger partial charge in [0, 0.05) is 6.92 Å². The lowest BCUT2D eigenvalue weighted by Crippen LogP contribution is -2.17. The number of rotatable bonds is 18. The van der Waals surface area contributed by atoms with Crippen molar-refractivity contribution in [2.45, 2.75) is 90.7 Å². The Morgan fingerprint density at radius 3 is 1.94 bits per heavy atom. The number of ether oxygens (including phenoxy) is 2. The molecule has 200 valence electrons. The van der Waals surface area contributed by atoms with E-state index in [1.807, 2.05) is 0 Å². The molecule has 0 atom stereocenters. The summed E-state index contributed by atoms with van der Waals surface area (Å²) in [6.07, 6.45) is 7.37. The highest BCUT2D eigenvalue weighted by Gasteiger charge is 2.36. The molecule has 0 spiro atoms. The molecular weight excluding hydrogens is 481 g/mol. The van der Waals surface area contributed by atoms with E-state index < -0.39 is 27.7 Å². The van der Waals surface area contributed by atoms with Gasteiger partial charge in [-0.3, -0.25) is 4.79 Å². The molecule has 0 aliphatic rings. The summed E-state index contributed by atoms with van der Waals surface area (Å²) in [5.41, 5.74) is 0.555. The first kappa shape index (κ1) is 31.0. The Balaban J connectivity index is 2.29. The van der Waals surface area contributed by atoms with E-state index in [0.717, 1.165) is 32.3 Å². The number of alkyl halides is 3. The van der Waals surface area contributed by atoms with Crippen molar-refractivity contribution in [1.29, 1.82) is 0 Å². The first-order chi connectivity index (χ1) is 16.5. The van der Waals surface area contributed by atoms with E-state index in [-0.39, 0.29) is 24.5 Å². The van der Waals surface area contributed by atoms with Gasteiger partial charge in [0.25, 0.3) is 0 Å². The van der Waals surface area contributed by atoms with Gasteiger partial charge in [0.2, 0.25) is 5.76 Å². The molecule has 1 aromatic rings. The third-order valence-corrected chi connectivity index (χ3v) is 7.15.